The maximum Gasteiger partial charge on any atom is 0.339 e. The summed E-state index contributed by atoms with van der Waals surface area (Å²) >= 11 is 0. The minimum absolute atomic E-state index is 0.124. The number of carbonyl (C=O) groups excluding carboxylic acids is 2. The highest BCUT2D eigenvalue weighted by atomic mass is 16.7. The number of nitrogens with one attached hydrogen (secondary N) is 2. The molecule has 19 atom stereocenters. The Hall–Kier alpha value is -3.76. The molecule has 3 heterocycles. The van der Waals surface area contributed by atoms with E-state index >= 15 is 0 Å². The number of aliphatic hydroxyl groups excluding tert-OH is 11. The molecule has 0 aromatic carbocycles. The first-order valence-corrected chi connectivity index (χ1v) is 24.5. The van der Waals surface area contributed by atoms with E-state index in [1.807, 2.05) is 18.5 Å². The Morgan fingerprint density at radius 3 is 1.89 bits per heavy atom. The van der Waals surface area contributed by atoms with E-state index in [9.17, 15) is 70.9 Å². The van der Waals surface area contributed by atoms with E-state index in [4.69, 9.17) is 29.5 Å². The fraction of sp³-hybridized carbons (Fsp3) is 0.680. The second kappa shape index (κ2) is 31.9. The van der Waals surface area contributed by atoms with Crippen LogP contribution in [0.1, 0.15) is 79.1 Å². The van der Waals surface area contributed by atoms with E-state index in [-0.39, 0.29) is 31.6 Å². The van der Waals surface area contributed by atoms with Crippen LogP contribution >= 0.6 is 0 Å². The standard InChI is InChI=1S/C50H81N3O19/c1-29-17-15-13-11-9-7-5-6-8-10-12-14-16-18-36(70-48-47(65)43(51)46(64)32(4)69-48)24-41-44(52-49(66)53-72-37(27-54)28-55)40(61)26-50(67,71-41)25-35(58)22-39(60)38(59)20-19-33(56)21-34(57)23-42(62)68-31(3)30(2)45(29)63/h5-18,29-41,43-48,54-61,63-65,67H,19-28,51H2,1-4H3,(H2,52,53,66)/b6-5+,9-7+,10-8+,13-11+,14-12+,17-15+,18-16+/t29-,30-,31-,32+,33+,34+,35-,36-,38+,39+,40-,41-,43-,44+,45+,46+,47-,48-,50+/m0/s1. The molecule has 22 heteroatoms. The van der Waals surface area contributed by atoms with Gasteiger partial charge in [0.1, 0.15) is 18.3 Å². The Balaban J connectivity index is 1.94. The summed E-state index contributed by atoms with van der Waals surface area (Å²) in [5.74, 6) is -3.84. The number of hydrogen-bond donors (Lipinski definition) is 15. The molecule has 410 valence electrons. The molecule has 3 rings (SSSR count). The van der Waals surface area contributed by atoms with Gasteiger partial charge in [-0.25, -0.2) is 10.3 Å². The summed E-state index contributed by atoms with van der Waals surface area (Å²) in [6.07, 6.45) is 2.16. The summed E-state index contributed by atoms with van der Waals surface area (Å²) in [6, 6.07) is -3.57. The van der Waals surface area contributed by atoms with Crippen LogP contribution < -0.4 is 16.5 Å². The average molecular weight is 1030 g/mol. The van der Waals surface area contributed by atoms with E-state index < -0.39 is 166 Å². The van der Waals surface area contributed by atoms with Crippen LogP contribution in [0.25, 0.3) is 0 Å². The summed E-state index contributed by atoms with van der Waals surface area (Å²) in [6.45, 7) is 5.43. The Kier molecular flexibility index (Phi) is 27.7. The zero-order valence-electron chi connectivity index (χ0n) is 41.4. The molecule has 3 aliphatic heterocycles. The predicted molar refractivity (Wildman–Crippen MR) is 260 cm³/mol. The third-order valence-corrected chi connectivity index (χ3v) is 12.8. The maximum absolute atomic E-state index is 13.0. The molecule has 16 N–H and O–H groups in total. The predicted octanol–water partition coefficient (Wildman–Crippen LogP) is -1.04. The number of carbonyl (C=O) groups is 2. The minimum Gasteiger partial charge on any atom is -0.462 e. The van der Waals surface area contributed by atoms with Gasteiger partial charge in [-0.3, -0.25) is 9.63 Å². The highest BCUT2D eigenvalue weighted by Gasteiger charge is 2.49. The van der Waals surface area contributed by atoms with Gasteiger partial charge in [0.15, 0.2) is 12.1 Å². The highest BCUT2D eigenvalue weighted by molar-refractivity contribution is 5.73. The highest BCUT2D eigenvalue weighted by Crippen LogP contribution is 2.35. The molecule has 2 fully saturated rings. The van der Waals surface area contributed by atoms with Crippen LogP contribution in [0.5, 0.6) is 0 Å². The monoisotopic (exact) mass is 1030 g/mol. The molecule has 0 spiro atoms. The number of ether oxygens (including phenoxy) is 4. The van der Waals surface area contributed by atoms with Crippen LogP contribution in [0.15, 0.2) is 85.1 Å². The molecule has 0 aromatic heterocycles. The van der Waals surface area contributed by atoms with Crippen molar-refractivity contribution in [3.05, 3.63) is 85.1 Å². The van der Waals surface area contributed by atoms with Gasteiger partial charge in [0, 0.05) is 37.5 Å². The van der Waals surface area contributed by atoms with Gasteiger partial charge in [0.05, 0.1) is 98.9 Å². The number of hydroxylamine groups is 1. The van der Waals surface area contributed by atoms with E-state index in [1.165, 1.54) is 13.0 Å². The molecule has 0 aliphatic carbocycles. The summed E-state index contributed by atoms with van der Waals surface area (Å²) in [4.78, 5) is 30.7. The second-order valence-corrected chi connectivity index (χ2v) is 18.9. The van der Waals surface area contributed by atoms with Crippen LogP contribution in [0.3, 0.4) is 0 Å². The number of urea groups is 1. The lowest BCUT2D eigenvalue weighted by Gasteiger charge is -2.46. The van der Waals surface area contributed by atoms with Gasteiger partial charge >= 0.3 is 12.0 Å². The molecule has 2 saturated heterocycles. The van der Waals surface area contributed by atoms with Gasteiger partial charge in [-0.2, -0.15) is 0 Å². The lowest BCUT2D eigenvalue weighted by Crippen LogP contribution is -2.64. The molecular weight excluding hydrogens is 947 g/mol. The molecule has 0 radical (unpaired) electrons. The largest absolute Gasteiger partial charge is 0.462 e. The van der Waals surface area contributed by atoms with Gasteiger partial charge in [-0.15, -0.1) is 0 Å². The fourth-order valence-corrected chi connectivity index (χ4v) is 8.28. The lowest BCUT2D eigenvalue weighted by atomic mass is 9.87. The number of amides is 2. The van der Waals surface area contributed by atoms with Crippen molar-refractivity contribution in [3.63, 3.8) is 0 Å². The molecule has 0 saturated carbocycles. The van der Waals surface area contributed by atoms with Crippen molar-refractivity contribution in [1.29, 1.82) is 0 Å². The first kappa shape index (κ1) is 62.5. The molecule has 2 bridgehead atoms. The number of rotatable bonds is 7. The molecule has 72 heavy (non-hydrogen) atoms. The van der Waals surface area contributed by atoms with Crippen LogP contribution in [0.2, 0.25) is 0 Å². The van der Waals surface area contributed by atoms with Gasteiger partial charge in [0.25, 0.3) is 0 Å². The fourth-order valence-electron chi connectivity index (χ4n) is 8.28. The molecule has 0 aromatic rings. The molecule has 0 unspecified atom stereocenters. The van der Waals surface area contributed by atoms with Crippen molar-refractivity contribution < 1.29 is 94.7 Å². The summed E-state index contributed by atoms with van der Waals surface area (Å²) < 4.78 is 23.6. The van der Waals surface area contributed by atoms with Crippen LogP contribution in [0.4, 0.5) is 4.79 Å². The van der Waals surface area contributed by atoms with Gasteiger partial charge in [-0.05, 0) is 33.1 Å². The number of allylic oxidation sites excluding steroid dienone is 12. The quantitative estimate of drug-likeness (QED) is 0.107. The third-order valence-electron chi connectivity index (χ3n) is 12.8. The van der Waals surface area contributed by atoms with Crippen molar-refractivity contribution in [2.45, 2.75) is 189 Å². The van der Waals surface area contributed by atoms with Gasteiger partial charge in [0.2, 0.25) is 0 Å². The zero-order valence-corrected chi connectivity index (χ0v) is 41.4. The van der Waals surface area contributed by atoms with E-state index in [2.05, 4.69) is 5.32 Å². The van der Waals surface area contributed by atoms with Crippen molar-refractivity contribution in [2.24, 2.45) is 17.6 Å². The Morgan fingerprint density at radius 1 is 0.708 bits per heavy atom. The van der Waals surface area contributed by atoms with Gasteiger partial charge in [-0.1, -0.05) is 98.9 Å². The number of fused-ring (bicyclic) bond motifs is 2. The number of esters is 1. The molecule has 2 amide bonds. The Morgan fingerprint density at radius 2 is 1.29 bits per heavy atom. The second-order valence-electron chi connectivity index (χ2n) is 18.9. The van der Waals surface area contributed by atoms with Crippen molar-refractivity contribution in [2.75, 3.05) is 13.2 Å². The van der Waals surface area contributed by atoms with Crippen LogP contribution in [0, 0.1) is 11.8 Å². The maximum atomic E-state index is 13.0. The normalized spacial score (nSPS) is 42.2. The van der Waals surface area contributed by atoms with E-state index in [0.29, 0.717) is 0 Å². The average Bonchev–Trinajstić information content (AvgIpc) is 3.31. The summed E-state index contributed by atoms with van der Waals surface area (Å²) in [5.41, 5.74) is 8.10. The van der Waals surface area contributed by atoms with E-state index in [0.717, 1.165) is 0 Å². The number of cyclic esters (lactones) is 1. The number of hydrogen-bond acceptors (Lipinski definition) is 20. The first-order chi connectivity index (χ1) is 34.1. The molecule has 3 aliphatic rings. The smallest absolute Gasteiger partial charge is 0.339 e. The Labute approximate surface area is 421 Å². The zero-order chi connectivity index (χ0) is 53.5. The summed E-state index contributed by atoms with van der Waals surface area (Å²) in [7, 11) is 0. The lowest BCUT2D eigenvalue weighted by molar-refractivity contribution is -0.303. The third kappa shape index (κ3) is 21.6. The summed E-state index contributed by atoms with van der Waals surface area (Å²) in [5, 5.41) is 131. The Bertz CT molecular complexity index is 1810. The van der Waals surface area contributed by atoms with Crippen LogP contribution in [-0.2, 0) is 28.6 Å². The molecular formula is C50H81N3O19. The number of nitrogens with two attached hydrogens (primary N) is 1. The van der Waals surface area contributed by atoms with E-state index in [1.54, 1.807) is 86.8 Å². The van der Waals surface area contributed by atoms with Crippen molar-refractivity contribution in [1.82, 2.24) is 10.8 Å². The molecule has 22 nitrogen and oxygen atoms in total. The van der Waals surface area contributed by atoms with Gasteiger partial charge < -0.3 is 91.3 Å². The number of aliphatic hydroxyl groups is 12. The first-order valence-electron chi connectivity index (χ1n) is 24.5. The van der Waals surface area contributed by atoms with Crippen molar-refractivity contribution in [3.8, 4) is 0 Å². The minimum atomic E-state index is -2.34. The topological polar surface area (TPSA) is 373 Å². The van der Waals surface area contributed by atoms with Crippen molar-refractivity contribution >= 4 is 12.0 Å². The SMILES string of the molecule is C[C@@H]1[C@H](O)[C@@H](C)/C=C/C=C/C=C/C=C/C=C/C=C/C=C/[C@H](O[C@@H]2O[C@H](C)[C@@H](O)[C@H](N)[C@@H]2O)C[C@@H]2O[C@](O)(C[C@@H](O)C[C@@H](O)[C@H](O)CC[C@@H](O)C[C@@H](O)CC(=O)O[C@H]1C)C[C@H](O)[C@H]2NC(=O)NOC(CO)CO. The van der Waals surface area contributed by atoms with Crippen LogP contribution in [-0.4, -0.2) is 196 Å².